The average molecular weight is 355 g/mol. The molecule has 6 heteroatoms. The van der Waals surface area contributed by atoms with Crippen LogP contribution in [-0.2, 0) is 22.3 Å². The minimum atomic E-state index is -0.460. The second-order valence-electron chi connectivity index (χ2n) is 6.93. The van der Waals surface area contributed by atoms with E-state index in [1.54, 1.807) is 0 Å². The smallest absolute Gasteiger partial charge is 0.253 e. The molecule has 1 spiro atoms. The average Bonchev–Trinajstić information content (AvgIpc) is 3.14. The van der Waals surface area contributed by atoms with Crippen molar-refractivity contribution in [2.75, 3.05) is 26.3 Å². The number of benzene rings is 1. The first-order valence-electron chi connectivity index (χ1n) is 9.51. The Kier molecular flexibility index (Phi) is 4.63. The fourth-order valence-electron chi connectivity index (χ4n) is 3.85. The Morgan fingerprint density at radius 3 is 2.27 bits per heavy atom. The third-order valence-electron chi connectivity index (χ3n) is 5.36. The molecule has 3 heterocycles. The fourth-order valence-corrected chi connectivity index (χ4v) is 3.85. The Morgan fingerprint density at radius 1 is 1.04 bits per heavy atom. The SMILES string of the molecule is CCc1nc2ccc(C(=O)N3CCC4(CC3)OCCO4)cc2nc1CC. The lowest BCUT2D eigenvalue weighted by Crippen LogP contribution is -2.47. The highest BCUT2D eigenvalue weighted by Gasteiger charge is 2.40. The zero-order chi connectivity index (χ0) is 18.1. The van der Waals surface area contributed by atoms with Gasteiger partial charge in [-0.25, -0.2) is 9.97 Å². The molecule has 0 unspecified atom stereocenters. The van der Waals surface area contributed by atoms with E-state index in [2.05, 4.69) is 13.8 Å². The van der Waals surface area contributed by atoms with E-state index in [4.69, 9.17) is 19.4 Å². The Bertz CT molecular complexity index is 820. The number of hydrogen-bond acceptors (Lipinski definition) is 5. The lowest BCUT2D eigenvalue weighted by Gasteiger charge is -2.37. The Balaban J connectivity index is 1.55. The van der Waals surface area contributed by atoms with Crippen LogP contribution < -0.4 is 0 Å². The van der Waals surface area contributed by atoms with Gasteiger partial charge in [0.1, 0.15) is 0 Å². The number of ether oxygens (including phenoxy) is 2. The molecule has 0 saturated carbocycles. The molecule has 1 aromatic heterocycles. The van der Waals surface area contributed by atoms with Crippen LogP contribution in [0.2, 0.25) is 0 Å². The van der Waals surface area contributed by atoms with Crippen LogP contribution in [0.25, 0.3) is 11.0 Å². The van der Waals surface area contributed by atoms with Crippen LogP contribution in [0.5, 0.6) is 0 Å². The molecule has 26 heavy (non-hydrogen) atoms. The molecule has 0 N–H and O–H groups in total. The summed E-state index contributed by atoms with van der Waals surface area (Å²) in [5.41, 5.74) is 4.36. The topological polar surface area (TPSA) is 64.6 Å². The first kappa shape index (κ1) is 17.4. The Labute approximate surface area is 153 Å². The van der Waals surface area contributed by atoms with Gasteiger partial charge in [0, 0.05) is 31.5 Å². The number of carbonyl (C=O) groups is 1. The van der Waals surface area contributed by atoms with Crippen molar-refractivity contribution in [1.29, 1.82) is 0 Å². The quantitative estimate of drug-likeness (QED) is 0.847. The van der Waals surface area contributed by atoms with E-state index in [0.29, 0.717) is 31.9 Å². The number of likely N-dealkylation sites (tertiary alicyclic amines) is 1. The number of rotatable bonds is 3. The molecule has 0 bridgehead atoms. The molecule has 6 nitrogen and oxygen atoms in total. The summed E-state index contributed by atoms with van der Waals surface area (Å²) in [4.78, 5) is 24.2. The number of hydrogen-bond donors (Lipinski definition) is 0. The predicted molar refractivity (Wildman–Crippen MR) is 98.1 cm³/mol. The maximum atomic E-state index is 12.9. The van der Waals surface area contributed by atoms with Crippen LogP contribution in [0.1, 0.15) is 48.4 Å². The van der Waals surface area contributed by atoms with Gasteiger partial charge >= 0.3 is 0 Å². The fraction of sp³-hybridized carbons (Fsp3) is 0.550. The summed E-state index contributed by atoms with van der Waals surface area (Å²) in [7, 11) is 0. The highest BCUT2D eigenvalue weighted by atomic mass is 16.7. The van der Waals surface area contributed by atoms with Crippen molar-refractivity contribution in [2.24, 2.45) is 0 Å². The van der Waals surface area contributed by atoms with Crippen molar-refractivity contribution in [2.45, 2.75) is 45.3 Å². The van der Waals surface area contributed by atoms with Crippen molar-refractivity contribution in [3.8, 4) is 0 Å². The van der Waals surface area contributed by atoms with Crippen molar-refractivity contribution in [1.82, 2.24) is 14.9 Å². The molecule has 2 aromatic rings. The molecule has 2 saturated heterocycles. The maximum absolute atomic E-state index is 12.9. The number of piperidine rings is 1. The van der Waals surface area contributed by atoms with Crippen LogP contribution in [0.4, 0.5) is 0 Å². The van der Waals surface area contributed by atoms with Crippen molar-refractivity contribution < 1.29 is 14.3 Å². The highest BCUT2D eigenvalue weighted by Crippen LogP contribution is 2.31. The summed E-state index contributed by atoms with van der Waals surface area (Å²) in [5.74, 6) is -0.419. The summed E-state index contributed by atoms with van der Waals surface area (Å²) < 4.78 is 11.5. The molecule has 2 aliphatic rings. The van der Waals surface area contributed by atoms with E-state index in [-0.39, 0.29) is 5.91 Å². The largest absolute Gasteiger partial charge is 0.347 e. The minimum absolute atomic E-state index is 0.0409. The molecule has 0 atom stereocenters. The van der Waals surface area contributed by atoms with Crippen molar-refractivity contribution >= 4 is 16.9 Å². The number of aromatic nitrogens is 2. The molecule has 0 aliphatic carbocycles. The highest BCUT2D eigenvalue weighted by molar-refractivity contribution is 5.97. The van der Waals surface area contributed by atoms with Gasteiger partial charge in [0.25, 0.3) is 5.91 Å². The van der Waals surface area contributed by atoms with E-state index in [1.165, 1.54) is 0 Å². The summed E-state index contributed by atoms with van der Waals surface area (Å²) in [6.07, 6.45) is 3.17. The van der Waals surface area contributed by atoms with Crippen molar-refractivity contribution in [3.63, 3.8) is 0 Å². The lowest BCUT2D eigenvalue weighted by atomic mass is 10.0. The molecular formula is C20H25N3O3. The van der Waals surface area contributed by atoms with Gasteiger partial charge < -0.3 is 14.4 Å². The molecule has 0 radical (unpaired) electrons. The first-order chi connectivity index (χ1) is 12.6. The normalized spacial score (nSPS) is 19.4. The Morgan fingerprint density at radius 2 is 1.65 bits per heavy atom. The minimum Gasteiger partial charge on any atom is -0.347 e. The summed E-state index contributed by atoms with van der Waals surface area (Å²) in [6.45, 7) is 6.78. The zero-order valence-electron chi connectivity index (χ0n) is 15.5. The monoisotopic (exact) mass is 355 g/mol. The van der Waals surface area contributed by atoms with Gasteiger partial charge in [-0.1, -0.05) is 13.8 Å². The second-order valence-corrected chi connectivity index (χ2v) is 6.93. The standard InChI is InChI=1S/C20H25N3O3/c1-3-15-16(4-2)22-18-13-14(5-6-17(18)21-15)19(24)23-9-7-20(8-10-23)25-11-12-26-20/h5-6,13H,3-4,7-12H2,1-2H3. The number of carbonyl (C=O) groups excluding carboxylic acids is 1. The van der Waals surface area contributed by atoms with Gasteiger partial charge in [0.05, 0.1) is 35.6 Å². The molecule has 4 rings (SSSR count). The maximum Gasteiger partial charge on any atom is 0.253 e. The van der Waals surface area contributed by atoms with E-state index in [0.717, 1.165) is 48.1 Å². The molecule has 2 aliphatic heterocycles. The molecule has 138 valence electrons. The molecule has 1 aromatic carbocycles. The van der Waals surface area contributed by atoms with E-state index < -0.39 is 5.79 Å². The summed E-state index contributed by atoms with van der Waals surface area (Å²) in [6, 6.07) is 5.64. The van der Waals surface area contributed by atoms with Gasteiger partial charge in [-0.15, -0.1) is 0 Å². The number of aryl methyl sites for hydroxylation is 2. The molecule has 2 fully saturated rings. The third kappa shape index (κ3) is 3.08. The van der Waals surface area contributed by atoms with Gasteiger partial charge in [-0.2, -0.15) is 0 Å². The van der Waals surface area contributed by atoms with Gasteiger partial charge in [-0.3, -0.25) is 4.79 Å². The van der Waals surface area contributed by atoms with Gasteiger partial charge in [0.15, 0.2) is 5.79 Å². The zero-order valence-corrected chi connectivity index (χ0v) is 15.5. The molecule has 1 amide bonds. The van der Waals surface area contributed by atoms with E-state index in [1.807, 2.05) is 23.1 Å². The number of nitrogens with zero attached hydrogens (tertiary/aromatic N) is 3. The van der Waals surface area contributed by atoms with Crippen LogP contribution in [0.3, 0.4) is 0 Å². The molecular weight excluding hydrogens is 330 g/mol. The van der Waals surface area contributed by atoms with Gasteiger partial charge in [0.2, 0.25) is 0 Å². The van der Waals surface area contributed by atoms with E-state index in [9.17, 15) is 4.79 Å². The third-order valence-corrected chi connectivity index (χ3v) is 5.36. The van der Waals surface area contributed by atoms with Crippen LogP contribution >= 0.6 is 0 Å². The van der Waals surface area contributed by atoms with Crippen molar-refractivity contribution in [3.05, 3.63) is 35.2 Å². The van der Waals surface area contributed by atoms with Crippen LogP contribution in [-0.4, -0.2) is 52.9 Å². The lowest BCUT2D eigenvalue weighted by molar-refractivity contribution is -0.181. The predicted octanol–water partition coefficient (Wildman–Crippen LogP) is 2.73. The summed E-state index contributed by atoms with van der Waals surface area (Å²) >= 11 is 0. The second kappa shape index (κ2) is 6.93. The van der Waals surface area contributed by atoms with Crippen LogP contribution in [0.15, 0.2) is 18.2 Å². The van der Waals surface area contributed by atoms with E-state index >= 15 is 0 Å². The Hall–Kier alpha value is -2.05. The number of fused-ring (bicyclic) bond motifs is 1. The number of amides is 1. The summed E-state index contributed by atoms with van der Waals surface area (Å²) in [5, 5.41) is 0. The van der Waals surface area contributed by atoms with Gasteiger partial charge in [-0.05, 0) is 31.0 Å². The first-order valence-corrected chi connectivity index (χ1v) is 9.51. The van der Waals surface area contributed by atoms with Crippen LogP contribution in [0, 0.1) is 0 Å².